The molecule has 0 aliphatic carbocycles. The molecular weight excluding hydrogens is 176 g/mol. The molecule has 1 aliphatic heterocycles. The number of methoxy groups -OCH3 is 1. The highest BCUT2D eigenvalue weighted by Gasteiger charge is 2.06. The van der Waals surface area contributed by atoms with Gasteiger partial charge in [-0.2, -0.15) is 0 Å². The molecular formula is C8H12OS2. The molecule has 0 radical (unpaired) electrons. The molecule has 0 saturated carbocycles. The van der Waals surface area contributed by atoms with Crippen molar-refractivity contribution in [1.29, 1.82) is 0 Å². The summed E-state index contributed by atoms with van der Waals surface area (Å²) in [6.45, 7) is 3.74. The first-order valence-electron chi connectivity index (χ1n) is 3.53. The molecule has 3 heteroatoms. The van der Waals surface area contributed by atoms with Crippen LogP contribution in [0.2, 0.25) is 0 Å². The number of thioether (sulfide) groups is 2. The van der Waals surface area contributed by atoms with Crippen LogP contribution in [0.3, 0.4) is 0 Å². The van der Waals surface area contributed by atoms with Crippen LogP contribution in [0.15, 0.2) is 22.7 Å². The summed E-state index contributed by atoms with van der Waals surface area (Å²) in [4.78, 5) is 0. The second kappa shape index (κ2) is 4.78. The largest absolute Gasteiger partial charge is 0.497 e. The van der Waals surface area contributed by atoms with Crippen molar-refractivity contribution in [2.45, 2.75) is 6.42 Å². The van der Waals surface area contributed by atoms with E-state index in [9.17, 15) is 0 Å². The summed E-state index contributed by atoms with van der Waals surface area (Å²) in [6, 6.07) is 0. The maximum atomic E-state index is 4.96. The summed E-state index contributed by atoms with van der Waals surface area (Å²) in [5.41, 5.74) is 0. The molecule has 1 aliphatic rings. The van der Waals surface area contributed by atoms with Crippen LogP contribution < -0.4 is 0 Å². The van der Waals surface area contributed by atoms with E-state index in [2.05, 4.69) is 6.58 Å². The van der Waals surface area contributed by atoms with Crippen LogP contribution >= 0.6 is 23.5 Å². The van der Waals surface area contributed by atoms with Crippen molar-refractivity contribution in [3.05, 3.63) is 22.7 Å². The Kier molecular flexibility index (Phi) is 3.94. The summed E-state index contributed by atoms with van der Waals surface area (Å²) in [7, 11) is 1.65. The van der Waals surface area contributed by atoms with Gasteiger partial charge in [-0.05, 0) is 24.0 Å². The minimum absolute atomic E-state index is 0.752. The van der Waals surface area contributed by atoms with Gasteiger partial charge >= 0.3 is 0 Å². The van der Waals surface area contributed by atoms with E-state index in [1.165, 1.54) is 22.2 Å². The van der Waals surface area contributed by atoms with Gasteiger partial charge in [-0.3, -0.25) is 0 Å². The average molecular weight is 188 g/mol. The molecule has 0 amide bonds. The molecule has 0 aromatic carbocycles. The zero-order valence-corrected chi connectivity index (χ0v) is 8.26. The van der Waals surface area contributed by atoms with Gasteiger partial charge < -0.3 is 4.74 Å². The summed E-state index contributed by atoms with van der Waals surface area (Å²) in [5, 5.41) is 0. The van der Waals surface area contributed by atoms with Crippen LogP contribution in [-0.2, 0) is 4.74 Å². The number of hydrogen-bond donors (Lipinski definition) is 0. The molecule has 1 nitrogen and oxygen atoms in total. The van der Waals surface area contributed by atoms with Crippen molar-refractivity contribution in [2.75, 3.05) is 18.6 Å². The van der Waals surface area contributed by atoms with Gasteiger partial charge in [0.05, 0.1) is 7.11 Å². The molecule has 0 aromatic heterocycles. The molecule has 0 spiro atoms. The van der Waals surface area contributed by atoms with Gasteiger partial charge in [0, 0.05) is 4.24 Å². The maximum Gasteiger partial charge on any atom is 0.113 e. The van der Waals surface area contributed by atoms with Crippen LogP contribution in [0.1, 0.15) is 6.42 Å². The Labute approximate surface area is 76.3 Å². The Bertz CT molecular complexity index is 167. The van der Waals surface area contributed by atoms with E-state index < -0.39 is 0 Å². The normalized spacial score (nSPS) is 17.7. The zero-order valence-electron chi connectivity index (χ0n) is 6.63. The molecule has 11 heavy (non-hydrogen) atoms. The molecule has 1 heterocycles. The van der Waals surface area contributed by atoms with Crippen molar-refractivity contribution < 1.29 is 4.74 Å². The topological polar surface area (TPSA) is 9.23 Å². The number of allylic oxidation sites excluding steroid dienone is 1. The second-order valence-electron chi connectivity index (χ2n) is 2.18. The van der Waals surface area contributed by atoms with Crippen LogP contribution in [0.25, 0.3) is 0 Å². The van der Waals surface area contributed by atoms with E-state index in [4.69, 9.17) is 4.74 Å². The van der Waals surface area contributed by atoms with Crippen molar-refractivity contribution in [2.24, 2.45) is 0 Å². The quantitative estimate of drug-likeness (QED) is 0.617. The van der Waals surface area contributed by atoms with Crippen molar-refractivity contribution >= 4 is 23.5 Å². The second-order valence-corrected chi connectivity index (χ2v) is 4.72. The predicted octanol–water partition coefficient (Wildman–Crippen LogP) is 2.86. The lowest BCUT2D eigenvalue weighted by Crippen LogP contribution is -1.92. The van der Waals surface area contributed by atoms with Crippen LogP contribution in [0, 0.1) is 0 Å². The van der Waals surface area contributed by atoms with Crippen molar-refractivity contribution in [3.63, 3.8) is 0 Å². The lowest BCUT2D eigenvalue weighted by Gasteiger charge is -2.12. The van der Waals surface area contributed by atoms with Gasteiger partial charge in [0.1, 0.15) is 5.76 Å². The van der Waals surface area contributed by atoms with Gasteiger partial charge in [0.25, 0.3) is 0 Å². The van der Waals surface area contributed by atoms with Gasteiger partial charge in [0.2, 0.25) is 0 Å². The predicted molar refractivity (Wildman–Crippen MR) is 53.8 cm³/mol. The Balaban J connectivity index is 2.43. The minimum atomic E-state index is 0.752. The molecule has 0 aromatic rings. The van der Waals surface area contributed by atoms with Gasteiger partial charge in [0.15, 0.2) is 0 Å². The van der Waals surface area contributed by atoms with Crippen molar-refractivity contribution in [1.82, 2.24) is 0 Å². The number of rotatable bonds is 2. The fourth-order valence-electron chi connectivity index (χ4n) is 0.720. The van der Waals surface area contributed by atoms with Crippen LogP contribution in [0.5, 0.6) is 0 Å². The molecule has 0 atom stereocenters. The third-order valence-corrected chi connectivity index (χ3v) is 3.82. The van der Waals surface area contributed by atoms with Gasteiger partial charge in [-0.1, -0.05) is 6.58 Å². The Hall–Kier alpha value is -0.0200. The van der Waals surface area contributed by atoms with E-state index in [0.717, 1.165) is 5.76 Å². The summed E-state index contributed by atoms with van der Waals surface area (Å²) >= 11 is 3.78. The molecule has 62 valence electrons. The van der Waals surface area contributed by atoms with Gasteiger partial charge in [-0.15, -0.1) is 23.5 Å². The van der Waals surface area contributed by atoms with E-state index >= 15 is 0 Å². The molecule has 1 rings (SSSR count). The standard InChI is InChI=1S/C8H12OS2/c1-7(9-2)6-8-10-4-3-5-11-8/h6H,1,3-5H2,2H3. The SMILES string of the molecule is C=C(C=C1SCCCS1)OC. The van der Waals surface area contributed by atoms with Crippen LogP contribution in [-0.4, -0.2) is 18.6 Å². The Morgan fingerprint density at radius 3 is 2.73 bits per heavy atom. The lowest BCUT2D eigenvalue weighted by atomic mass is 10.5. The summed E-state index contributed by atoms with van der Waals surface area (Å²) in [6.07, 6.45) is 3.32. The Morgan fingerprint density at radius 2 is 2.18 bits per heavy atom. The molecule has 0 bridgehead atoms. The van der Waals surface area contributed by atoms with E-state index in [0.29, 0.717) is 0 Å². The van der Waals surface area contributed by atoms with Crippen LogP contribution in [0.4, 0.5) is 0 Å². The monoisotopic (exact) mass is 188 g/mol. The first-order chi connectivity index (χ1) is 5.33. The molecule has 1 fully saturated rings. The highest BCUT2D eigenvalue weighted by atomic mass is 32.2. The van der Waals surface area contributed by atoms with E-state index in [1.807, 2.05) is 29.6 Å². The first kappa shape index (κ1) is 9.07. The highest BCUT2D eigenvalue weighted by molar-refractivity contribution is 8.22. The average Bonchev–Trinajstić information content (AvgIpc) is 2.06. The fourth-order valence-corrected chi connectivity index (χ4v) is 3.15. The zero-order chi connectivity index (χ0) is 8.10. The fraction of sp³-hybridized carbons (Fsp3) is 0.500. The number of hydrogen-bond acceptors (Lipinski definition) is 3. The van der Waals surface area contributed by atoms with E-state index in [1.54, 1.807) is 7.11 Å². The van der Waals surface area contributed by atoms with E-state index in [-0.39, 0.29) is 0 Å². The first-order valence-corrected chi connectivity index (χ1v) is 5.50. The smallest absolute Gasteiger partial charge is 0.113 e. The molecule has 0 unspecified atom stereocenters. The maximum absolute atomic E-state index is 4.96. The van der Waals surface area contributed by atoms with Gasteiger partial charge in [-0.25, -0.2) is 0 Å². The number of ether oxygens (including phenoxy) is 1. The highest BCUT2D eigenvalue weighted by Crippen LogP contribution is 2.35. The third-order valence-electron chi connectivity index (χ3n) is 1.32. The minimum Gasteiger partial charge on any atom is -0.497 e. The summed E-state index contributed by atoms with van der Waals surface area (Å²) < 4.78 is 6.29. The molecule has 0 N–H and O–H groups in total. The molecule has 1 saturated heterocycles. The van der Waals surface area contributed by atoms with Crippen molar-refractivity contribution in [3.8, 4) is 0 Å². The third kappa shape index (κ3) is 3.25. The Morgan fingerprint density at radius 1 is 1.55 bits per heavy atom. The summed E-state index contributed by atoms with van der Waals surface area (Å²) in [5.74, 6) is 3.22. The lowest BCUT2D eigenvalue weighted by molar-refractivity contribution is 0.309.